The molecule has 4 N–H and O–H groups in total. The topological polar surface area (TPSA) is 190 Å². The van der Waals surface area contributed by atoms with Crippen LogP contribution in [0.15, 0.2) is 103 Å². The zero-order valence-corrected chi connectivity index (χ0v) is 31.0. The van der Waals surface area contributed by atoms with E-state index in [1.165, 1.54) is 44.6 Å². The number of ether oxygens (including phenoxy) is 3. The van der Waals surface area contributed by atoms with Crippen LogP contribution in [0.3, 0.4) is 0 Å². The molecule has 0 aliphatic carbocycles. The minimum atomic E-state index is -0.501. The van der Waals surface area contributed by atoms with Crippen molar-refractivity contribution >= 4 is 64.9 Å². The average Bonchev–Trinajstić information content (AvgIpc) is 3.13. The molecule has 0 aliphatic rings. The summed E-state index contributed by atoms with van der Waals surface area (Å²) in [5.74, 6) is 1.53. The van der Waals surface area contributed by atoms with Gasteiger partial charge in [-0.2, -0.15) is 0 Å². The van der Waals surface area contributed by atoms with Gasteiger partial charge in [-0.25, -0.2) is 0 Å². The minimum absolute atomic E-state index is 0. The first-order valence-corrected chi connectivity index (χ1v) is 15.5. The molecule has 278 valence electrons. The number of hydrogen-bond donors (Lipinski definition) is 3. The van der Waals surface area contributed by atoms with Crippen LogP contribution < -0.4 is 30.6 Å². The Hall–Kier alpha value is -5.57. The maximum atomic E-state index is 10.7. The fraction of sp³-hybridized carbons (Fsp3) is 0.200. The molecule has 17 heteroatoms. The molecule has 5 rings (SSSR count). The van der Waals surface area contributed by atoms with Crippen LogP contribution in [-0.4, -0.2) is 54.2 Å². The molecule has 5 aromatic rings. The number of non-ortho nitro benzene ring substituents is 2. The summed E-state index contributed by atoms with van der Waals surface area (Å²) in [5, 5.41) is 27.9. The first-order valence-electron chi connectivity index (χ1n) is 15.2. The standard InChI is InChI=1S/C14H15N3O3.C14H17N3O.C7H6ClNO3.2ClH/c1-20-14-10-12(17(18)19)5-6-13(14)16-9-7-11-4-2-3-8-15-11;1-18-14-10-11(15)5-6-13(14)17-9-7-12-4-2-3-8-16-12;1-12-7-4-5(9(10)11)2-3-6(7)8;;/h2-6,8,10,16H,7,9H2,1H3;2-6,8,10,17H,7,9,15H2,1H3;2-4H,1H3;2*1H. The quantitative estimate of drug-likeness (QED) is 0.0593. The molecule has 3 aromatic carbocycles. The summed E-state index contributed by atoms with van der Waals surface area (Å²) in [5.41, 5.74) is 10.1. The number of anilines is 3. The Labute approximate surface area is 318 Å². The van der Waals surface area contributed by atoms with Crippen LogP contribution in [-0.2, 0) is 12.8 Å². The smallest absolute Gasteiger partial charge is 0.273 e. The maximum Gasteiger partial charge on any atom is 0.273 e. The van der Waals surface area contributed by atoms with E-state index in [9.17, 15) is 20.2 Å². The van der Waals surface area contributed by atoms with E-state index < -0.39 is 9.85 Å². The van der Waals surface area contributed by atoms with E-state index in [0.29, 0.717) is 28.8 Å². The van der Waals surface area contributed by atoms with Gasteiger partial charge in [0.15, 0.2) is 0 Å². The number of aromatic nitrogens is 2. The molecule has 0 saturated carbocycles. The summed E-state index contributed by atoms with van der Waals surface area (Å²) in [6.45, 7) is 1.47. The van der Waals surface area contributed by atoms with Crippen molar-refractivity contribution in [2.75, 3.05) is 50.8 Å². The molecule has 0 saturated heterocycles. The number of nitrogens with zero attached hydrogens (tertiary/aromatic N) is 4. The largest absolute Gasteiger partial charge is 0.495 e. The number of rotatable bonds is 13. The van der Waals surface area contributed by atoms with Gasteiger partial charge in [-0.15, -0.1) is 24.8 Å². The highest BCUT2D eigenvalue weighted by atomic mass is 35.5. The molecule has 0 bridgehead atoms. The van der Waals surface area contributed by atoms with Gasteiger partial charge in [-0.3, -0.25) is 30.2 Å². The predicted molar refractivity (Wildman–Crippen MR) is 209 cm³/mol. The van der Waals surface area contributed by atoms with Crippen molar-refractivity contribution in [3.8, 4) is 17.2 Å². The van der Waals surface area contributed by atoms with Crippen LogP contribution in [0.4, 0.5) is 28.4 Å². The second kappa shape index (κ2) is 23.8. The van der Waals surface area contributed by atoms with Crippen molar-refractivity contribution in [3.05, 3.63) is 140 Å². The summed E-state index contributed by atoms with van der Waals surface area (Å²) >= 11 is 5.65. The molecule has 0 radical (unpaired) electrons. The van der Waals surface area contributed by atoms with Crippen LogP contribution in [0.1, 0.15) is 11.4 Å². The number of halogens is 3. The molecule has 2 heterocycles. The highest BCUT2D eigenvalue weighted by molar-refractivity contribution is 6.32. The monoisotopic (exact) mass is 775 g/mol. The summed E-state index contributed by atoms with van der Waals surface area (Å²) in [7, 11) is 4.53. The second-order valence-electron chi connectivity index (χ2n) is 10.2. The number of methoxy groups -OCH3 is 3. The van der Waals surface area contributed by atoms with E-state index in [-0.39, 0.29) is 36.2 Å². The van der Waals surface area contributed by atoms with E-state index in [2.05, 4.69) is 20.6 Å². The third-order valence-electron chi connectivity index (χ3n) is 6.81. The van der Waals surface area contributed by atoms with Crippen LogP contribution >= 0.6 is 36.4 Å². The number of pyridine rings is 2. The average molecular weight is 777 g/mol. The molecule has 52 heavy (non-hydrogen) atoms. The van der Waals surface area contributed by atoms with Gasteiger partial charge in [0.05, 0.1) is 59.7 Å². The highest BCUT2D eigenvalue weighted by Gasteiger charge is 2.11. The molecule has 0 unspecified atom stereocenters. The SMILES string of the molecule is COc1cc(N)ccc1NCCc1ccccn1.COc1cc([N+](=O)[O-])ccc1Cl.COc1cc([N+](=O)[O-])ccc1NCCc1ccccn1.Cl.Cl. The van der Waals surface area contributed by atoms with Gasteiger partial charge < -0.3 is 30.6 Å². The van der Waals surface area contributed by atoms with E-state index in [4.69, 9.17) is 31.5 Å². The number of nitro groups is 2. The van der Waals surface area contributed by atoms with Crippen molar-refractivity contribution < 1.29 is 24.1 Å². The van der Waals surface area contributed by atoms with E-state index >= 15 is 0 Å². The number of nitrogens with one attached hydrogen (secondary N) is 2. The first kappa shape index (κ1) is 44.5. The predicted octanol–water partition coefficient (Wildman–Crippen LogP) is 8.08. The first-order chi connectivity index (χ1) is 24.1. The summed E-state index contributed by atoms with van der Waals surface area (Å²) < 4.78 is 15.2. The Balaban J connectivity index is 0.000000394. The molecular formula is C35H40Cl3N7O7. The second-order valence-corrected chi connectivity index (χ2v) is 10.6. The maximum absolute atomic E-state index is 10.7. The van der Waals surface area contributed by atoms with Crippen molar-refractivity contribution in [2.24, 2.45) is 0 Å². The number of hydrogen-bond acceptors (Lipinski definition) is 12. The van der Waals surface area contributed by atoms with Gasteiger partial charge in [0, 0.05) is 73.6 Å². The van der Waals surface area contributed by atoms with Gasteiger partial charge in [0.25, 0.3) is 11.4 Å². The van der Waals surface area contributed by atoms with Gasteiger partial charge in [0.1, 0.15) is 17.2 Å². The van der Waals surface area contributed by atoms with Crippen LogP contribution in [0, 0.1) is 20.2 Å². The highest BCUT2D eigenvalue weighted by Crippen LogP contribution is 2.30. The summed E-state index contributed by atoms with van der Waals surface area (Å²) in [6, 6.07) is 25.8. The Morgan fingerprint density at radius 3 is 1.54 bits per heavy atom. The number of benzene rings is 3. The lowest BCUT2D eigenvalue weighted by Gasteiger charge is -2.11. The van der Waals surface area contributed by atoms with Crippen LogP contribution in [0.2, 0.25) is 5.02 Å². The Morgan fingerprint density at radius 2 is 1.10 bits per heavy atom. The van der Waals surface area contributed by atoms with Crippen molar-refractivity contribution in [1.29, 1.82) is 0 Å². The Morgan fingerprint density at radius 1 is 0.654 bits per heavy atom. The summed E-state index contributed by atoms with van der Waals surface area (Å²) in [4.78, 5) is 28.5. The van der Waals surface area contributed by atoms with Crippen molar-refractivity contribution in [3.63, 3.8) is 0 Å². The molecule has 0 aliphatic heterocycles. The number of nitrogens with two attached hydrogens (primary N) is 1. The third kappa shape index (κ3) is 14.7. The van der Waals surface area contributed by atoms with Crippen molar-refractivity contribution in [2.45, 2.75) is 12.8 Å². The van der Waals surface area contributed by atoms with Gasteiger partial charge >= 0.3 is 0 Å². The normalized spacial score (nSPS) is 9.54. The van der Waals surface area contributed by atoms with Gasteiger partial charge in [0.2, 0.25) is 0 Å². The van der Waals surface area contributed by atoms with E-state index in [1.807, 2.05) is 54.6 Å². The minimum Gasteiger partial charge on any atom is -0.495 e. The van der Waals surface area contributed by atoms with E-state index in [0.717, 1.165) is 47.9 Å². The third-order valence-corrected chi connectivity index (χ3v) is 7.12. The zero-order valence-electron chi connectivity index (χ0n) is 28.6. The molecule has 2 aromatic heterocycles. The molecule has 0 amide bonds. The molecular weight excluding hydrogens is 737 g/mol. The fourth-order valence-corrected chi connectivity index (χ4v) is 4.49. The van der Waals surface area contributed by atoms with Crippen molar-refractivity contribution in [1.82, 2.24) is 9.97 Å². The molecule has 0 spiro atoms. The Kier molecular flexibility index (Phi) is 20.3. The molecule has 0 fully saturated rings. The van der Waals surface area contributed by atoms with Crippen LogP contribution in [0.5, 0.6) is 17.2 Å². The Bertz CT molecular complexity index is 1830. The lowest BCUT2D eigenvalue weighted by Crippen LogP contribution is -2.07. The van der Waals surface area contributed by atoms with Gasteiger partial charge in [-0.05, 0) is 48.5 Å². The zero-order chi connectivity index (χ0) is 36.3. The lowest BCUT2D eigenvalue weighted by molar-refractivity contribution is -0.385. The molecule has 0 atom stereocenters. The molecule has 14 nitrogen and oxygen atoms in total. The van der Waals surface area contributed by atoms with E-state index in [1.54, 1.807) is 25.6 Å². The lowest BCUT2D eigenvalue weighted by atomic mass is 10.2. The summed E-state index contributed by atoms with van der Waals surface area (Å²) in [6.07, 6.45) is 5.19. The van der Waals surface area contributed by atoms with Crippen LogP contribution in [0.25, 0.3) is 0 Å². The fourth-order valence-electron chi connectivity index (χ4n) is 4.30. The number of nitrogen functional groups attached to an aromatic ring is 1. The van der Waals surface area contributed by atoms with Gasteiger partial charge in [-0.1, -0.05) is 23.7 Å². The number of nitro benzene ring substituents is 2.